The second-order valence-corrected chi connectivity index (χ2v) is 10.0. The molecule has 0 radical (unpaired) electrons. The second kappa shape index (κ2) is 8.65. The van der Waals surface area contributed by atoms with Crippen molar-refractivity contribution in [3.05, 3.63) is 68.8 Å². The van der Waals surface area contributed by atoms with Crippen LogP contribution in [0.2, 0.25) is 0 Å². The molecule has 0 saturated heterocycles. The van der Waals surface area contributed by atoms with Crippen molar-refractivity contribution in [1.29, 1.82) is 0 Å². The number of urea groups is 1. The van der Waals surface area contributed by atoms with Gasteiger partial charge in [0.15, 0.2) is 3.92 Å². The fourth-order valence-corrected chi connectivity index (χ4v) is 5.34. The molecule has 3 amide bonds. The lowest BCUT2D eigenvalue weighted by Crippen LogP contribution is -2.19. The van der Waals surface area contributed by atoms with Crippen molar-refractivity contribution >= 4 is 49.9 Å². The van der Waals surface area contributed by atoms with E-state index in [0.717, 1.165) is 5.69 Å². The highest BCUT2D eigenvalue weighted by Crippen LogP contribution is 2.37. The number of nitrogens with one attached hydrogen (secondary N) is 4. The fraction of sp³-hybridized carbons (Fsp3) is 0.130. The van der Waals surface area contributed by atoms with E-state index in [4.69, 9.17) is 0 Å². The number of benzene rings is 2. The van der Waals surface area contributed by atoms with E-state index < -0.39 is 11.8 Å². The number of amides is 3. The van der Waals surface area contributed by atoms with Crippen molar-refractivity contribution in [3.63, 3.8) is 0 Å². The van der Waals surface area contributed by atoms with Gasteiger partial charge in [0.1, 0.15) is 16.6 Å². The van der Waals surface area contributed by atoms with Crippen molar-refractivity contribution in [2.45, 2.75) is 20.4 Å². The number of carbonyl (C=O) groups excluding carboxylic acids is 2. The van der Waals surface area contributed by atoms with Crippen LogP contribution in [0.15, 0.2) is 40.4 Å². The van der Waals surface area contributed by atoms with Gasteiger partial charge in [0.25, 0.3) is 5.91 Å². The van der Waals surface area contributed by atoms with E-state index in [1.807, 2.05) is 6.92 Å². The Balaban J connectivity index is 1.43. The number of hydrogen-bond acceptors (Lipinski definition) is 5. The minimum atomic E-state index is -0.516. The number of aromatic nitrogens is 3. The third-order valence-corrected chi connectivity index (χ3v) is 6.96. The molecule has 11 heteroatoms. The fourth-order valence-electron chi connectivity index (χ4n) is 3.90. The maximum absolute atomic E-state index is 15.2. The molecule has 1 aliphatic heterocycles. The van der Waals surface area contributed by atoms with E-state index in [1.165, 1.54) is 17.4 Å². The topological polar surface area (TPSA) is 112 Å². The standard InChI is InChI=1S/C23H18BrFN6O2S/c1-10-8-26-19(28-10)15-6-5-13(16-9-27-20(32)18(15)16)14-4-3-12(7-17(14)25)30-23(33)31-21-11(2)29-22(24)34-21/h3-8H,9H2,1-2H3,(H,26,28)(H,27,32)(H2,30,31,33). The van der Waals surface area contributed by atoms with E-state index in [9.17, 15) is 9.59 Å². The van der Waals surface area contributed by atoms with Gasteiger partial charge in [-0.25, -0.2) is 19.2 Å². The first kappa shape index (κ1) is 22.2. The lowest BCUT2D eigenvalue weighted by atomic mass is 9.92. The Morgan fingerprint density at radius 2 is 1.91 bits per heavy atom. The number of nitrogens with zero attached hydrogens (tertiary/aromatic N) is 2. The van der Waals surface area contributed by atoms with E-state index >= 15 is 4.39 Å². The number of rotatable bonds is 4. The van der Waals surface area contributed by atoms with Crippen LogP contribution in [0.4, 0.5) is 19.9 Å². The third-order valence-electron chi connectivity index (χ3n) is 5.44. The summed E-state index contributed by atoms with van der Waals surface area (Å²) < 4.78 is 15.8. The Morgan fingerprint density at radius 1 is 1.15 bits per heavy atom. The van der Waals surface area contributed by atoms with Crippen LogP contribution < -0.4 is 16.0 Å². The first-order valence-electron chi connectivity index (χ1n) is 10.3. The number of halogens is 2. The molecule has 2 aromatic carbocycles. The molecular formula is C23H18BrFN6O2S. The Bertz CT molecular complexity index is 1460. The Hall–Kier alpha value is -3.57. The van der Waals surface area contributed by atoms with Crippen molar-refractivity contribution < 1.29 is 14.0 Å². The van der Waals surface area contributed by atoms with Gasteiger partial charge < -0.3 is 15.6 Å². The summed E-state index contributed by atoms with van der Waals surface area (Å²) in [4.78, 5) is 36.6. The van der Waals surface area contributed by atoms with Gasteiger partial charge >= 0.3 is 6.03 Å². The summed E-state index contributed by atoms with van der Waals surface area (Å²) in [5.41, 5.74) is 4.66. The molecule has 0 saturated carbocycles. The molecule has 3 heterocycles. The van der Waals surface area contributed by atoms with Crippen LogP contribution in [-0.4, -0.2) is 26.9 Å². The van der Waals surface area contributed by atoms with Crippen LogP contribution in [-0.2, 0) is 6.54 Å². The molecule has 0 spiro atoms. The average molecular weight is 541 g/mol. The van der Waals surface area contributed by atoms with Crippen LogP contribution in [0.5, 0.6) is 0 Å². The summed E-state index contributed by atoms with van der Waals surface area (Å²) in [7, 11) is 0. The summed E-state index contributed by atoms with van der Waals surface area (Å²) >= 11 is 4.57. The SMILES string of the molecule is Cc1cnc(-c2ccc(-c3ccc(NC(=O)Nc4sc(Br)nc4C)cc3F)c3c2C(=O)NC3)[nH]1. The molecule has 172 valence electrons. The van der Waals surface area contributed by atoms with Gasteiger partial charge in [-0.2, -0.15) is 0 Å². The van der Waals surface area contributed by atoms with Gasteiger partial charge in [-0.3, -0.25) is 10.1 Å². The molecule has 0 aliphatic carbocycles. The minimum absolute atomic E-state index is 0.221. The molecule has 0 fully saturated rings. The zero-order valence-electron chi connectivity index (χ0n) is 18.0. The van der Waals surface area contributed by atoms with Gasteiger partial charge in [0.2, 0.25) is 0 Å². The maximum Gasteiger partial charge on any atom is 0.324 e. The van der Waals surface area contributed by atoms with Crippen molar-refractivity contribution in [2.75, 3.05) is 10.6 Å². The monoisotopic (exact) mass is 540 g/mol. The summed E-state index contributed by atoms with van der Waals surface area (Å²) in [6.07, 6.45) is 1.69. The van der Waals surface area contributed by atoms with Crippen LogP contribution in [0.1, 0.15) is 27.3 Å². The van der Waals surface area contributed by atoms with Crippen LogP contribution in [0.25, 0.3) is 22.5 Å². The number of imidazole rings is 1. The zero-order valence-corrected chi connectivity index (χ0v) is 20.4. The van der Waals surface area contributed by atoms with E-state index in [2.05, 4.69) is 46.8 Å². The summed E-state index contributed by atoms with van der Waals surface area (Å²) in [6, 6.07) is 7.52. The molecule has 2 aromatic heterocycles. The number of carbonyl (C=O) groups is 2. The van der Waals surface area contributed by atoms with E-state index in [0.29, 0.717) is 60.5 Å². The first-order chi connectivity index (χ1) is 16.3. The van der Waals surface area contributed by atoms with Gasteiger partial charge in [-0.1, -0.05) is 17.4 Å². The van der Waals surface area contributed by atoms with Crippen LogP contribution in [0.3, 0.4) is 0 Å². The number of H-pyrrole nitrogens is 1. The molecule has 4 N–H and O–H groups in total. The molecule has 0 unspecified atom stereocenters. The summed E-state index contributed by atoms with van der Waals surface area (Å²) in [6.45, 7) is 3.96. The number of anilines is 2. The molecule has 0 bridgehead atoms. The lowest BCUT2D eigenvalue weighted by molar-refractivity contribution is 0.0966. The number of aromatic amines is 1. The normalized spacial score (nSPS) is 12.4. The summed E-state index contributed by atoms with van der Waals surface area (Å²) in [5.74, 6) is -0.148. The van der Waals surface area contributed by atoms with Crippen molar-refractivity contribution in [3.8, 4) is 22.5 Å². The number of hydrogen-bond donors (Lipinski definition) is 4. The quantitative estimate of drug-likeness (QED) is 0.269. The smallest absolute Gasteiger partial charge is 0.324 e. The van der Waals surface area contributed by atoms with Gasteiger partial charge in [0, 0.05) is 35.2 Å². The molecule has 1 aliphatic rings. The summed E-state index contributed by atoms with van der Waals surface area (Å²) in [5, 5.41) is 8.76. The number of thiazole rings is 1. The predicted molar refractivity (Wildman–Crippen MR) is 133 cm³/mol. The molecule has 34 heavy (non-hydrogen) atoms. The molecule has 5 rings (SSSR count). The minimum Gasteiger partial charge on any atom is -0.348 e. The van der Waals surface area contributed by atoms with Gasteiger partial charge in [-0.15, -0.1) is 0 Å². The van der Waals surface area contributed by atoms with Crippen LogP contribution >= 0.6 is 27.3 Å². The first-order valence-corrected chi connectivity index (χ1v) is 11.9. The molecule has 4 aromatic rings. The van der Waals surface area contributed by atoms with Crippen molar-refractivity contribution in [2.24, 2.45) is 0 Å². The average Bonchev–Trinajstić information content (AvgIpc) is 3.47. The predicted octanol–water partition coefficient (Wildman–Crippen LogP) is 5.61. The molecule has 8 nitrogen and oxygen atoms in total. The van der Waals surface area contributed by atoms with Crippen molar-refractivity contribution in [1.82, 2.24) is 20.3 Å². The number of aryl methyl sites for hydroxylation is 2. The third kappa shape index (κ3) is 4.08. The lowest BCUT2D eigenvalue weighted by Gasteiger charge is -2.13. The zero-order chi connectivity index (χ0) is 24.0. The second-order valence-electron chi connectivity index (χ2n) is 7.77. The van der Waals surface area contributed by atoms with Gasteiger partial charge in [0.05, 0.1) is 11.3 Å². The van der Waals surface area contributed by atoms with E-state index in [-0.39, 0.29) is 5.91 Å². The van der Waals surface area contributed by atoms with Gasteiger partial charge in [-0.05, 0) is 65.2 Å². The molecule has 0 atom stereocenters. The largest absolute Gasteiger partial charge is 0.348 e. The number of fused-ring (bicyclic) bond motifs is 1. The highest BCUT2D eigenvalue weighted by atomic mass is 79.9. The highest BCUT2D eigenvalue weighted by Gasteiger charge is 2.28. The van der Waals surface area contributed by atoms with E-state index in [1.54, 1.807) is 37.4 Å². The Kier molecular flexibility index (Phi) is 5.66. The highest BCUT2D eigenvalue weighted by molar-refractivity contribution is 9.11. The maximum atomic E-state index is 15.2. The molecular weight excluding hydrogens is 523 g/mol. The van der Waals surface area contributed by atoms with Crippen LogP contribution in [0, 0.1) is 19.7 Å². The Labute approximate surface area is 206 Å². The Morgan fingerprint density at radius 3 is 2.59 bits per heavy atom.